The molecule has 3 N–H and O–H groups in total. The van der Waals surface area contributed by atoms with Gasteiger partial charge in [0.2, 0.25) is 5.91 Å². The summed E-state index contributed by atoms with van der Waals surface area (Å²) in [6.45, 7) is 5.12. The SMILES string of the molecule is CC(=O)NC1CCN(C[C@@]2(O)CCCN(C(=O)c3ncc[nH]3)CC2)CC1. The van der Waals surface area contributed by atoms with E-state index in [4.69, 9.17) is 0 Å². The van der Waals surface area contributed by atoms with Gasteiger partial charge in [-0.25, -0.2) is 4.98 Å². The van der Waals surface area contributed by atoms with E-state index in [-0.39, 0.29) is 17.9 Å². The zero-order valence-electron chi connectivity index (χ0n) is 15.4. The maximum absolute atomic E-state index is 12.4. The number of hydrogen-bond acceptors (Lipinski definition) is 5. The minimum Gasteiger partial charge on any atom is -0.388 e. The molecule has 0 radical (unpaired) electrons. The summed E-state index contributed by atoms with van der Waals surface area (Å²) in [5.74, 6) is 0.276. The molecule has 0 aliphatic carbocycles. The molecule has 0 spiro atoms. The molecule has 8 heteroatoms. The molecule has 26 heavy (non-hydrogen) atoms. The summed E-state index contributed by atoms with van der Waals surface area (Å²) in [7, 11) is 0. The second kappa shape index (κ2) is 8.18. The first kappa shape index (κ1) is 18.8. The zero-order valence-corrected chi connectivity index (χ0v) is 15.4. The van der Waals surface area contributed by atoms with E-state index >= 15 is 0 Å². The molecule has 0 bridgehead atoms. The number of β-amino-alcohol motifs (C(OH)–C–C–N with tert-alkyl or cyclic N) is 1. The highest BCUT2D eigenvalue weighted by Crippen LogP contribution is 2.25. The third kappa shape index (κ3) is 4.82. The Bertz CT molecular complexity index is 612. The van der Waals surface area contributed by atoms with Gasteiger partial charge in [0.15, 0.2) is 5.82 Å². The van der Waals surface area contributed by atoms with Crippen molar-refractivity contribution in [2.45, 2.75) is 50.7 Å². The summed E-state index contributed by atoms with van der Waals surface area (Å²) in [5, 5.41) is 14.0. The fourth-order valence-electron chi connectivity index (χ4n) is 4.01. The summed E-state index contributed by atoms with van der Waals surface area (Å²) in [6.07, 6.45) is 7.10. The van der Waals surface area contributed by atoms with Gasteiger partial charge in [-0.2, -0.15) is 0 Å². The fraction of sp³-hybridized carbons (Fsp3) is 0.722. The summed E-state index contributed by atoms with van der Waals surface area (Å²) in [4.78, 5) is 34.6. The molecule has 1 aromatic heterocycles. The number of aromatic nitrogens is 2. The van der Waals surface area contributed by atoms with E-state index in [2.05, 4.69) is 20.2 Å². The zero-order chi connectivity index (χ0) is 18.6. The topological polar surface area (TPSA) is 102 Å². The van der Waals surface area contributed by atoms with E-state index in [0.29, 0.717) is 38.3 Å². The molecule has 1 atom stereocenters. The number of carbonyl (C=O) groups is 2. The molecule has 1 aromatic rings. The molecular formula is C18H29N5O3. The van der Waals surface area contributed by atoms with Crippen molar-refractivity contribution >= 4 is 11.8 Å². The standard InChI is InChI=1S/C18H29N5O3/c1-14(24)21-15-3-10-22(11-4-15)13-18(26)5-2-9-23(12-6-18)17(25)16-19-7-8-20-16/h7-8,15,26H,2-6,9-13H2,1H3,(H,19,20)(H,21,24)/t18-/m1/s1. The van der Waals surface area contributed by atoms with Gasteiger partial charge < -0.3 is 25.2 Å². The van der Waals surface area contributed by atoms with Gasteiger partial charge in [-0.1, -0.05) is 0 Å². The molecule has 2 saturated heterocycles. The molecular weight excluding hydrogens is 334 g/mol. The molecule has 8 nitrogen and oxygen atoms in total. The van der Waals surface area contributed by atoms with Gasteiger partial charge in [0.25, 0.3) is 5.91 Å². The second-order valence-electron chi connectivity index (χ2n) is 7.56. The highest BCUT2D eigenvalue weighted by atomic mass is 16.3. The monoisotopic (exact) mass is 363 g/mol. The number of amides is 2. The van der Waals surface area contributed by atoms with Crippen LogP contribution in [-0.2, 0) is 4.79 Å². The lowest BCUT2D eigenvalue weighted by Crippen LogP contribution is -2.50. The number of imidazole rings is 1. The van der Waals surface area contributed by atoms with E-state index in [1.807, 2.05) is 0 Å². The molecule has 0 aromatic carbocycles. The van der Waals surface area contributed by atoms with Crippen LogP contribution in [0.2, 0.25) is 0 Å². The number of piperidine rings is 1. The Kier molecular flexibility index (Phi) is 5.93. The van der Waals surface area contributed by atoms with E-state index in [9.17, 15) is 14.7 Å². The first-order valence-corrected chi connectivity index (χ1v) is 9.46. The van der Waals surface area contributed by atoms with E-state index in [1.165, 1.54) is 0 Å². The van der Waals surface area contributed by atoms with Crippen LogP contribution >= 0.6 is 0 Å². The lowest BCUT2D eigenvalue weighted by Gasteiger charge is -2.38. The van der Waals surface area contributed by atoms with E-state index < -0.39 is 5.60 Å². The highest BCUT2D eigenvalue weighted by Gasteiger charge is 2.34. The van der Waals surface area contributed by atoms with Gasteiger partial charge in [0, 0.05) is 58.1 Å². The molecule has 2 aliphatic rings. The van der Waals surface area contributed by atoms with Crippen molar-refractivity contribution in [1.82, 2.24) is 25.1 Å². The quantitative estimate of drug-likeness (QED) is 0.717. The predicted octanol–water partition coefficient (Wildman–Crippen LogP) is 0.367. The Morgan fingerprint density at radius 2 is 2.08 bits per heavy atom. The molecule has 0 saturated carbocycles. The van der Waals surface area contributed by atoms with E-state index in [1.54, 1.807) is 24.2 Å². The Morgan fingerprint density at radius 3 is 2.73 bits per heavy atom. The molecule has 2 amide bonds. The van der Waals surface area contributed by atoms with Crippen molar-refractivity contribution in [3.8, 4) is 0 Å². The first-order valence-electron chi connectivity index (χ1n) is 9.46. The lowest BCUT2D eigenvalue weighted by atomic mass is 9.93. The summed E-state index contributed by atoms with van der Waals surface area (Å²) in [5.41, 5.74) is -0.765. The number of H-pyrrole nitrogens is 1. The normalized spacial score (nSPS) is 25.7. The van der Waals surface area contributed by atoms with Crippen LogP contribution in [0.1, 0.15) is 49.6 Å². The maximum atomic E-state index is 12.4. The molecule has 0 unspecified atom stereocenters. The number of rotatable bonds is 4. The van der Waals surface area contributed by atoms with Gasteiger partial charge in [0.1, 0.15) is 0 Å². The average molecular weight is 363 g/mol. The largest absolute Gasteiger partial charge is 0.388 e. The number of nitrogens with zero attached hydrogens (tertiary/aromatic N) is 3. The number of likely N-dealkylation sites (tertiary alicyclic amines) is 2. The van der Waals surface area contributed by atoms with E-state index in [0.717, 1.165) is 32.4 Å². The van der Waals surface area contributed by atoms with Crippen LogP contribution in [0.5, 0.6) is 0 Å². The summed E-state index contributed by atoms with van der Waals surface area (Å²) >= 11 is 0. The van der Waals surface area contributed by atoms with Crippen molar-refractivity contribution in [1.29, 1.82) is 0 Å². The van der Waals surface area contributed by atoms with Crippen LogP contribution in [-0.4, -0.2) is 81.1 Å². The molecule has 2 fully saturated rings. The Labute approximate surface area is 154 Å². The molecule has 3 rings (SSSR count). The van der Waals surface area contributed by atoms with Crippen LogP contribution in [0, 0.1) is 0 Å². The number of aliphatic hydroxyl groups is 1. The third-order valence-electron chi connectivity index (χ3n) is 5.42. The predicted molar refractivity (Wildman–Crippen MR) is 96.6 cm³/mol. The molecule has 144 valence electrons. The van der Waals surface area contributed by atoms with Crippen LogP contribution in [0.3, 0.4) is 0 Å². The van der Waals surface area contributed by atoms with Gasteiger partial charge in [-0.3, -0.25) is 9.59 Å². The van der Waals surface area contributed by atoms with Crippen molar-refractivity contribution < 1.29 is 14.7 Å². The third-order valence-corrected chi connectivity index (χ3v) is 5.42. The van der Waals surface area contributed by atoms with Crippen LogP contribution in [0.25, 0.3) is 0 Å². The Balaban J connectivity index is 1.50. The lowest BCUT2D eigenvalue weighted by molar-refractivity contribution is -0.120. The summed E-state index contributed by atoms with van der Waals surface area (Å²) in [6, 6.07) is 0.244. The van der Waals surface area contributed by atoms with Gasteiger partial charge >= 0.3 is 0 Å². The number of carbonyl (C=O) groups excluding carboxylic acids is 2. The number of nitrogens with one attached hydrogen (secondary N) is 2. The highest BCUT2D eigenvalue weighted by molar-refractivity contribution is 5.90. The second-order valence-corrected chi connectivity index (χ2v) is 7.56. The van der Waals surface area contributed by atoms with Crippen LogP contribution < -0.4 is 5.32 Å². The molecule has 2 aliphatic heterocycles. The van der Waals surface area contributed by atoms with Crippen molar-refractivity contribution in [2.24, 2.45) is 0 Å². The minimum absolute atomic E-state index is 0.0205. The van der Waals surface area contributed by atoms with Crippen molar-refractivity contribution in [3.05, 3.63) is 18.2 Å². The van der Waals surface area contributed by atoms with Crippen molar-refractivity contribution in [2.75, 3.05) is 32.7 Å². The van der Waals surface area contributed by atoms with Gasteiger partial charge in [-0.15, -0.1) is 0 Å². The first-order chi connectivity index (χ1) is 12.5. The van der Waals surface area contributed by atoms with Crippen LogP contribution in [0.15, 0.2) is 12.4 Å². The number of hydrogen-bond donors (Lipinski definition) is 3. The average Bonchev–Trinajstić information content (AvgIpc) is 3.06. The maximum Gasteiger partial charge on any atom is 0.289 e. The van der Waals surface area contributed by atoms with Crippen LogP contribution in [0.4, 0.5) is 0 Å². The minimum atomic E-state index is -0.765. The Hall–Kier alpha value is -1.93. The number of aromatic amines is 1. The molecule has 3 heterocycles. The smallest absolute Gasteiger partial charge is 0.289 e. The van der Waals surface area contributed by atoms with Gasteiger partial charge in [-0.05, 0) is 32.1 Å². The Morgan fingerprint density at radius 1 is 1.31 bits per heavy atom. The summed E-state index contributed by atoms with van der Waals surface area (Å²) < 4.78 is 0. The van der Waals surface area contributed by atoms with Gasteiger partial charge in [0.05, 0.1) is 5.60 Å². The fourth-order valence-corrected chi connectivity index (χ4v) is 4.01. The van der Waals surface area contributed by atoms with Crippen molar-refractivity contribution in [3.63, 3.8) is 0 Å².